The van der Waals surface area contributed by atoms with Crippen LogP contribution >= 0.6 is 0 Å². The van der Waals surface area contributed by atoms with E-state index in [-0.39, 0.29) is 12.1 Å². The largest absolute Gasteiger partial charge is 0.385 e. The summed E-state index contributed by atoms with van der Waals surface area (Å²) in [5.41, 5.74) is 3.96. The molecule has 3 N–H and O–H groups in total. The molecule has 0 aromatic heterocycles. The van der Waals surface area contributed by atoms with Crippen molar-refractivity contribution in [1.29, 1.82) is 0 Å². The summed E-state index contributed by atoms with van der Waals surface area (Å²) in [4.78, 5) is 0. The Bertz CT molecular complexity index is 293. The Hall–Kier alpha value is -0.940. The van der Waals surface area contributed by atoms with Crippen molar-refractivity contribution in [3.63, 3.8) is 0 Å². The van der Waals surface area contributed by atoms with E-state index in [2.05, 4.69) is 17.6 Å². The number of rotatable bonds is 8. The second-order valence-electron chi connectivity index (χ2n) is 3.98. The van der Waals surface area contributed by atoms with Gasteiger partial charge in [0.1, 0.15) is 0 Å². The summed E-state index contributed by atoms with van der Waals surface area (Å²) < 4.78 is 10.6. The van der Waals surface area contributed by atoms with Crippen LogP contribution in [0.2, 0.25) is 0 Å². The van der Waals surface area contributed by atoms with Gasteiger partial charge in [0.05, 0.1) is 12.1 Å². The Balaban J connectivity index is 2.63. The molecule has 1 aromatic rings. The molecule has 0 aliphatic carbocycles. The molecule has 17 heavy (non-hydrogen) atoms. The minimum atomic E-state index is -0.0296. The van der Waals surface area contributed by atoms with Crippen LogP contribution < -0.4 is 11.3 Å². The van der Waals surface area contributed by atoms with Gasteiger partial charge in [0.2, 0.25) is 0 Å². The normalized spacial score (nSPS) is 14.5. The zero-order valence-electron chi connectivity index (χ0n) is 10.6. The van der Waals surface area contributed by atoms with E-state index in [1.54, 1.807) is 14.2 Å². The summed E-state index contributed by atoms with van der Waals surface area (Å²) in [5, 5.41) is 0. The summed E-state index contributed by atoms with van der Waals surface area (Å²) in [6.45, 7) is 0.739. The fourth-order valence-electron chi connectivity index (χ4n) is 1.95. The lowest BCUT2D eigenvalue weighted by Gasteiger charge is -2.25. The Morgan fingerprint density at radius 1 is 1.24 bits per heavy atom. The Morgan fingerprint density at radius 2 is 1.94 bits per heavy atom. The summed E-state index contributed by atoms with van der Waals surface area (Å²) in [6, 6.07) is 10.2. The van der Waals surface area contributed by atoms with E-state index in [1.807, 2.05) is 18.2 Å². The molecule has 0 heterocycles. The van der Waals surface area contributed by atoms with Crippen LogP contribution in [-0.2, 0) is 9.47 Å². The van der Waals surface area contributed by atoms with Crippen LogP contribution in [0.25, 0.3) is 0 Å². The average molecular weight is 238 g/mol. The molecule has 0 spiro atoms. The van der Waals surface area contributed by atoms with E-state index in [0.29, 0.717) is 0 Å². The minimum Gasteiger partial charge on any atom is -0.385 e. The van der Waals surface area contributed by atoms with Crippen molar-refractivity contribution in [1.82, 2.24) is 5.43 Å². The Morgan fingerprint density at radius 3 is 2.47 bits per heavy atom. The van der Waals surface area contributed by atoms with Gasteiger partial charge in [0.25, 0.3) is 0 Å². The molecule has 0 saturated carbocycles. The van der Waals surface area contributed by atoms with Crippen LogP contribution in [0.5, 0.6) is 0 Å². The van der Waals surface area contributed by atoms with Crippen LogP contribution in [0, 0.1) is 0 Å². The molecule has 1 rings (SSSR count). The lowest BCUT2D eigenvalue weighted by molar-refractivity contribution is 0.0610. The molecule has 0 aliphatic rings. The number of hydrazine groups is 1. The van der Waals surface area contributed by atoms with Crippen LogP contribution in [0.15, 0.2) is 30.3 Å². The van der Waals surface area contributed by atoms with Crippen molar-refractivity contribution < 1.29 is 9.47 Å². The smallest absolute Gasteiger partial charge is 0.0987 e. The van der Waals surface area contributed by atoms with E-state index in [0.717, 1.165) is 25.0 Å². The van der Waals surface area contributed by atoms with Gasteiger partial charge >= 0.3 is 0 Å². The van der Waals surface area contributed by atoms with Crippen molar-refractivity contribution in [3.05, 3.63) is 35.9 Å². The van der Waals surface area contributed by atoms with Crippen LogP contribution in [-0.4, -0.2) is 26.9 Å². The standard InChI is InChI=1S/C13H22N2O2/c1-16-10-6-9-12(15-14)13(17-2)11-7-4-3-5-8-11/h3-5,7-8,12-13,15H,6,9-10,14H2,1-2H3. The van der Waals surface area contributed by atoms with Crippen LogP contribution in [0.1, 0.15) is 24.5 Å². The van der Waals surface area contributed by atoms with E-state index < -0.39 is 0 Å². The highest BCUT2D eigenvalue weighted by atomic mass is 16.5. The molecular weight excluding hydrogens is 216 g/mol. The topological polar surface area (TPSA) is 56.5 Å². The second-order valence-corrected chi connectivity index (χ2v) is 3.98. The molecule has 0 fully saturated rings. The third kappa shape index (κ3) is 4.44. The predicted molar refractivity (Wildman–Crippen MR) is 68.4 cm³/mol. The molecule has 4 nitrogen and oxygen atoms in total. The fraction of sp³-hybridized carbons (Fsp3) is 0.538. The van der Waals surface area contributed by atoms with Gasteiger partial charge < -0.3 is 9.47 Å². The van der Waals surface area contributed by atoms with E-state index in [1.165, 1.54) is 0 Å². The molecule has 0 radical (unpaired) electrons. The molecule has 2 unspecified atom stereocenters. The number of nitrogens with one attached hydrogen (secondary N) is 1. The van der Waals surface area contributed by atoms with E-state index in [4.69, 9.17) is 15.3 Å². The van der Waals surface area contributed by atoms with Gasteiger partial charge in [-0.15, -0.1) is 0 Å². The summed E-state index contributed by atoms with van der Waals surface area (Å²) in [7, 11) is 3.41. The summed E-state index contributed by atoms with van der Waals surface area (Å²) >= 11 is 0. The predicted octanol–water partition coefficient (Wildman–Crippen LogP) is 1.63. The van der Waals surface area contributed by atoms with Crippen molar-refractivity contribution in [2.45, 2.75) is 25.0 Å². The number of hydrogen-bond donors (Lipinski definition) is 2. The third-order valence-electron chi connectivity index (χ3n) is 2.83. The zero-order chi connectivity index (χ0) is 12.5. The highest BCUT2D eigenvalue weighted by Crippen LogP contribution is 2.22. The molecule has 0 saturated heterocycles. The van der Waals surface area contributed by atoms with Crippen molar-refractivity contribution >= 4 is 0 Å². The highest BCUT2D eigenvalue weighted by molar-refractivity contribution is 5.19. The van der Waals surface area contributed by atoms with Crippen molar-refractivity contribution in [3.8, 4) is 0 Å². The first kappa shape index (κ1) is 14.1. The van der Waals surface area contributed by atoms with Gasteiger partial charge in [-0.05, 0) is 18.4 Å². The maximum absolute atomic E-state index is 5.60. The van der Waals surface area contributed by atoms with E-state index in [9.17, 15) is 0 Å². The van der Waals surface area contributed by atoms with Crippen molar-refractivity contribution in [2.24, 2.45) is 5.84 Å². The molecule has 4 heteroatoms. The number of methoxy groups -OCH3 is 2. The molecule has 0 amide bonds. The molecule has 1 aromatic carbocycles. The fourth-order valence-corrected chi connectivity index (χ4v) is 1.95. The quantitative estimate of drug-likeness (QED) is 0.410. The van der Waals surface area contributed by atoms with Gasteiger partial charge in [-0.1, -0.05) is 30.3 Å². The lowest BCUT2D eigenvalue weighted by Crippen LogP contribution is -2.40. The summed E-state index contributed by atoms with van der Waals surface area (Å²) in [5.74, 6) is 5.60. The average Bonchev–Trinajstić information content (AvgIpc) is 2.39. The molecule has 2 atom stereocenters. The van der Waals surface area contributed by atoms with Crippen LogP contribution in [0.3, 0.4) is 0 Å². The first-order chi connectivity index (χ1) is 8.33. The number of benzene rings is 1. The number of ether oxygens (including phenoxy) is 2. The lowest BCUT2D eigenvalue weighted by atomic mass is 9.99. The molecule has 96 valence electrons. The van der Waals surface area contributed by atoms with E-state index >= 15 is 0 Å². The van der Waals surface area contributed by atoms with Gasteiger partial charge in [-0.2, -0.15) is 0 Å². The molecule has 0 aliphatic heterocycles. The Kier molecular flexibility index (Phi) is 6.81. The minimum absolute atomic E-state index is 0.0296. The monoisotopic (exact) mass is 238 g/mol. The van der Waals surface area contributed by atoms with Gasteiger partial charge in [0.15, 0.2) is 0 Å². The highest BCUT2D eigenvalue weighted by Gasteiger charge is 2.21. The van der Waals surface area contributed by atoms with Crippen LogP contribution in [0.4, 0.5) is 0 Å². The maximum atomic E-state index is 5.60. The summed E-state index contributed by atoms with van der Waals surface area (Å²) in [6.07, 6.45) is 1.84. The number of nitrogens with two attached hydrogens (primary N) is 1. The first-order valence-corrected chi connectivity index (χ1v) is 5.86. The second kappa shape index (κ2) is 8.20. The molecule has 0 bridgehead atoms. The van der Waals surface area contributed by atoms with Gasteiger partial charge in [-0.25, -0.2) is 0 Å². The zero-order valence-corrected chi connectivity index (χ0v) is 10.6. The van der Waals surface area contributed by atoms with Gasteiger partial charge in [0, 0.05) is 20.8 Å². The molecular formula is C13H22N2O2. The SMILES string of the molecule is COCCCC(NN)C(OC)c1ccccc1. The Labute approximate surface area is 103 Å². The maximum Gasteiger partial charge on any atom is 0.0987 e. The number of hydrogen-bond acceptors (Lipinski definition) is 4. The van der Waals surface area contributed by atoms with Gasteiger partial charge in [-0.3, -0.25) is 11.3 Å². The first-order valence-electron chi connectivity index (χ1n) is 5.86. The van der Waals surface area contributed by atoms with Crippen molar-refractivity contribution in [2.75, 3.05) is 20.8 Å². The third-order valence-corrected chi connectivity index (χ3v) is 2.83.